The molecule has 0 spiro atoms. The lowest BCUT2D eigenvalue weighted by molar-refractivity contribution is 0.167. The molecule has 1 fully saturated rings. The van der Waals surface area contributed by atoms with Gasteiger partial charge in [0.05, 0.1) is 30.0 Å². The first-order chi connectivity index (χ1) is 15.2. The molecule has 2 aromatic heterocycles. The number of hydrogen-bond acceptors (Lipinski definition) is 7. The van der Waals surface area contributed by atoms with Gasteiger partial charge >= 0.3 is 0 Å². The quantitative estimate of drug-likeness (QED) is 0.489. The molecule has 4 rings (SSSR count). The molecule has 0 aliphatic carbocycles. The van der Waals surface area contributed by atoms with Crippen LogP contribution in [-0.4, -0.2) is 34.1 Å². The summed E-state index contributed by atoms with van der Waals surface area (Å²) in [5, 5.41) is 9.96. The van der Waals surface area contributed by atoms with Gasteiger partial charge in [0.2, 0.25) is 5.95 Å². The molecular weight excluding hydrogens is 388 g/mol. The van der Waals surface area contributed by atoms with E-state index in [1.807, 2.05) is 6.07 Å². The van der Waals surface area contributed by atoms with E-state index in [0.717, 1.165) is 55.2 Å². The monoisotopic (exact) mass is 418 g/mol. The zero-order chi connectivity index (χ0) is 21.5. The molecule has 0 saturated carbocycles. The summed E-state index contributed by atoms with van der Waals surface area (Å²) in [6, 6.07) is 10.3. The molecule has 3 N–H and O–H groups in total. The van der Waals surface area contributed by atoms with E-state index < -0.39 is 0 Å². The predicted octanol–water partition coefficient (Wildman–Crippen LogP) is 4.69. The van der Waals surface area contributed by atoms with E-state index in [9.17, 15) is 0 Å². The summed E-state index contributed by atoms with van der Waals surface area (Å²) in [5.41, 5.74) is 3.95. The molecule has 1 saturated heterocycles. The number of nitrogens with zero attached hydrogens (tertiary/aromatic N) is 3. The average molecular weight is 419 g/mol. The lowest BCUT2D eigenvalue weighted by atomic mass is 10.0. The number of ether oxygens (including phenoxy) is 1. The van der Waals surface area contributed by atoms with Crippen molar-refractivity contribution in [3.8, 4) is 5.75 Å². The van der Waals surface area contributed by atoms with E-state index in [1.54, 1.807) is 24.8 Å². The van der Waals surface area contributed by atoms with Gasteiger partial charge in [0.25, 0.3) is 0 Å². The normalized spacial score (nSPS) is 16.2. The van der Waals surface area contributed by atoms with Crippen molar-refractivity contribution in [2.24, 2.45) is 5.92 Å². The summed E-state index contributed by atoms with van der Waals surface area (Å²) < 4.78 is 6.15. The maximum absolute atomic E-state index is 6.15. The Morgan fingerprint density at radius 2 is 1.84 bits per heavy atom. The molecule has 31 heavy (non-hydrogen) atoms. The fourth-order valence-electron chi connectivity index (χ4n) is 3.61. The van der Waals surface area contributed by atoms with Gasteiger partial charge in [0.15, 0.2) is 5.75 Å². The molecule has 1 aliphatic rings. The summed E-state index contributed by atoms with van der Waals surface area (Å²) in [6.07, 6.45) is 10.4. The third-order valence-corrected chi connectivity index (χ3v) is 5.11. The van der Waals surface area contributed by atoms with Crippen LogP contribution in [0.5, 0.6) is 5.75 Å². The zero-order valence-corrected chi connectivity index (χ0v) is 18.1. The second kappa shape index (κ2) is 10.2. The van der Waals surface area contributed by atoms with Gasteiger partial charge in [-0.1, -0.05) is 26.0 Å². The molecule has 1 aliphatic heterocycles. The van der Waals surface area contributed by atoms with Crippen LogP contribution >= 0.6 is 0 Å². The van der Waals surface area contributed by atoms with Gasteiger partial charge in [-0.15, -0.1) is 0 Å². The van der Waals surface area contributed by atoms with Gasteiger partial charge in [-0.05, 0) is 55.5 Å². The first kappa shape index (κ1) is 21.1. The van der Waals surface area contributed by atoms with E-state index in [1.165, 1.54) is 5.56 Å². The van der Waals surface area contributed by atoms with E-state index >= 15 is 0 Å². The van der Waals surface area contributed by atoms with Crippen LogP contribution in [-0.2, 0) is 6.42 Å². The molecule has 0 bridgehead atoms. The van der Waals surface area contributed by atoms with Crippen molar-refractivity contribution in [1.82, 2.24) is 20.3 Å². The number of rotatable bonds is 8. The first-order valence-electron chi connectivity index (χ1n) is 10.9. The number of aromatic nitrogens is 3. The second-order valence-electron chi connectivity index (χ2n) is 8.30. The van der Waals surface area contributed by atoms with Crippen molar-refractivity contribution in [3.05, 3.63) is 60.7 Å². The van der Waals surface area contributed by atoms with Crippen LogP contribution in [0.15, 0.2) is 55.1 Å². The van der Waals surface area contributed by atoms with E-state index in [2.05, 4.69) is 69.0 Å². The Kier molecular flexibility index (Phi) is 6.94. The third-order valence-electron chi connectivity index (χ3n) is 5.11. The third kappa shape index (κ3) is 6.15. The van der Waals surface area contributed by atoms with Crippen LogP contribution in [0, 0.1) is 5.92 Å². The van der Waals surface area contributed by atoms with Crippen LogP contribution in [0.4, 0.5) is 23.0 Å². The minimum atomic E-state index is 0.160. The van der Waals surface area contributed by atoms with Crippen molar-refractivity contribution in [2.45, 2.75) is 39.2 Å². The molecule has 0 amide bonds. The highest BCUT2D eigenvalue weighted by atomic mass is 16.5. The summed E-state index contributed by atoms with van der Waals surface area (Å²) in [6.45, 7) is 6.36. The Balaban J connectivity index is 1.37. The molecule has 7 heteroatoms. The molecule has 1 atom stereocenters. The molecule has 1 unspecified atom stereocenters. The Labute approximate surface area is 183 Å². The van der Waals surface area contributed by atoms with Gasteiger partial charge in [0, 0.05) is 18.4 Å². The molecule has 162 valence electrons. The molecule has 7 nitrogen and oxygen atoms in total. The number of hydrogen-bond donors (Lipinski definition) is 3. The Morgan fingerprint density at radius 3 is 2.55 bits per heavy atom. The topological polar surface area (TPSA) is 84.0 Å². The fourth-order valence-corrected chi connectivity index (χ4v) is 3.61. The minimum Gasteiger partial charge on any atom is -0.485 e. The van der Waals surface area contributed by atoms with Crippen molar-refractivity contribution in [1.29, 1.82) is 0 Å². The van der Waals surface area contributed by atoms with E-state index in [0.29, 0.717) is 11.9 Å². The van der Waals surface area contributed by atoms with Gasteiger partial charge in [-0.2, -0.15) is 0 Å². The molecule has 1 aromatic carbocycles. The maximum Gasteiger partial charge on any atom is 0.227 e. The van der Waals surface area contributed by atoms with Crippen LogP contribution in [0.1, 0.15) is 32.3 Å². The van der Waals surface area contributed by atoms with Crippen molar-refractivity contribution < 1.29 is 4.74 Å². The first-order valence-corrected chi connectivity index (χ1v) is 10.9. The second-order valence-corrected chi connectivity index (χ2v) is 8.30. The van der Waals surface area contributed by atoms with E-state index in [4.69, 9.17) is 4.74 Å². The fraction of sp³-hybridized carbons (Fsp3) is 0.375. The highest BCUT2D eigenvalue weighted by molar-refractivity contribution is 5.65. The number of nitrogens with one attached hydrogen (secondary N) is 3. The number of benzene rings is 1. The van der Waals surface area contributed by atoms with Crippen molar-refractivity contribution in [2.75, 3.05) is 23.7 Å². The predicted molar refractivity (Wildman–Crippen MR) is 124 cm³/mol. The molecule has 3 heterocycles. The Hall–Kier alpha value is -3.19. The summed E-state index contributed by atoms with van der Waals surface area (Å²) in [5.74, 6) is 1.94. The Bertz CT molecular complexity index is 953. The molecule has 3 aromatic rings. The Morgan fingerprint density at radius 1 is 1.03 bits per heavy atom. The minimum absolute atomic E-state index is 0.160. The number of pyridine rings is 1. The zero-order valence-electron chi connectivity index (χ0n) is 18.1. The van der Waals surface area contributed by atoms with Crippen LogP contribution in [0.25, 0.3) is 0 Å². The van der Waals surface area contributed by atoms with Crippen LogP contribution in [0.3, 0.4) is 0 Å². The largest absolute Gasteiger partial charge is 0.485 e. The van der Waals surface area contributed by atoms with Gasteiger partial charge in [-0.25, -0.2) is 9.97 Å². The summed E-state index contributed by atoms with van der Waals surface area (Å²) in [4.78, 5) is 13.1. The maximum atomic E-state index is 6.15. The van der Waals surface area contributed by atoms with E-state index in [-0.39, 0.29) is 6.10 Å². The lowest BCUT2D eigenvalue weighted by Crippen LogP contribution is -2.37. The van der Waals surface area contributed by atoms with Gasteiger partial charge in [-0.3, -0.25) is 4.98 Å². The average Bonchev–Trinajstić information content (AvgIpc) is 2.78. The smallest absolute Gasteiger partial charge is 0.227 e. The molecule has 0 radical (unpaired) electrons. The highest BCUT2D eigenvalue weighted by Gasteiger charge is 2.16. The number of piperidine rings is 1. The standard InChI is InChI=1S/C24H30N6O/c1-17(2)12-18-5-7-19(8-6-18)30-24-27-13-20(14-28-24)29-22-9-11-26-16-23(22)31-21-4-3-10-25-15-21/h5-9,11,13-14,16-17,21,25H,3-4,10,12,15H2,1-2H3,(H,26,29)(H,27,28,30). The number of anilines is 4. The highest BCUT2D eigenvalue weighted by Crippen LogP contribution is 2.28. The van der Waals surface area contributed by atoms with Gasteiger partial charge < -0.3 is 20.7 Å². The molecular formula is C24H30N6O. The van der Waals surface area contributed by atoms with Crippen LogP contribution in [0.2, 0.25) is 0 Å². The van der Waals surface area contributed by atoms with Crippen molar-refractivity contribution >= 4 is 23.0 Å². The van der Waals surface area contributed by atoms with Crippen molar-refractivity contribution in [3.63, 3.8) is 0 Å². The lowest BCUT2D eigenvalue weighted by Gasteiger charge is -2.25. The van der Waals surface area contributed by atoms with Crippen LogP contribution < -0.4 is 20.7 Å². The van der Waals surface area contributed by atoms with Gasteiger partial charge in [0.1, 0.15) is 6.10 Å². The summed E-state index contributed by atoms with van der Waals surface area (Å²) in [7, 11) is 0. The SMILES string of the molecule is CC(C)Cc1ccc(Nc2ncc(Nc3ccncc3OC3CCCNC3)cn2)cc1. The summed E-state index contributed by atoms with van der Waals surface area (Å²) >= 11 is 0.